The molecule has 0 amide bonds. The number of phenols is 1. The molecular formula is C29H40BBrCl2I2O5Si2. The number of hydrogen-bond acceptors (Lipinski definition) is 5. The molecule has 0 spiro atoms. The highest BCUT2D eigenvalue weighted by Crippen LogP contribution is 2.33. The quantitative estimate of drug-likeness (QED) is 0.120. The van der Waals surface area contributed by atoms with Crippen molar-refractivity contribution in [2.45, 2.75) is 53.1 Å². The van der Waals surface area contributed by atoms with Crippen molar-refractivity contribution in [3.8, 4) is 23.0 Å². The Kier molecular flexibility index (Phi) is 17.8. The number of halogens is 5. The number of aryl methyl sites for hydroxylation is 2. The zero-order valence-electron chi connectivity index (χ0n) is 25.6. The first-order valence-electron chi connectivity index (χ1n) is 13.1. The van der Waals surface area contributed by atoms with Gasteiger partial charge in [-0.05, 0) is 110 Å². The summed E-state index contributed by atoms with van der Waals surface area (Å²) in [4.78, 5) is 0. The first-order chi connectivity index (χ1) is 19.5. The molecule has 0 unspecified atom stereocenters. The van der Waals surface area contributed by atoms with Gasteiger partial charge in [-0.3, -0.25) is 0 Å². The number of alkyl halides is 2. The van der Waals surface area contributed by atoms with E-state index in [-0.39, 0.29) is 11.3 Å². The Bertz CT molecular complexity index is 1220. The molecule has 0 atom stereocenters. The molecule has 42 heavy (non-hydrogen) atoms. The van der Waals surface area contributed by atoms with Crippen LogP contribution in [0.5, 0.6) is 23.0 Å². The largest absolute Gasteiger partial charge is 0.678 e. The van der Waals surface area contributed by atoms with E-state index < -0.39 is 16.1 Å². The van der Waals surface area contributed by atoms with Gasteiger partial charge in [0.2, 0.25) is 0 Å². The number of para-hydroxylation sites is 2. The molecule has 0 aromatic heterocycles. The molecule has 1 N–H and O–H groups in total. The van der Waals surface area contributed by atoms with Gasteiger partial charge in [0.15, 0.2) is 6.79 Å². The Hall–Kier alpha value is -0.161. The molecule has 0 saturated carbocycles. The van der Waals surface area contributed by atoms with Crippen LogP contribution >= 0.6 is 84.1 Å². The lowest BCUT2D eigenvalue weighted by Crippen LogP contribution is -2.38. The van der Waals surface area contributed by atoms with Gasteiger partial charge in [0, 0.05) is 7.11 Å². The number of hydrogen-bond donors (Lipinski definition) is 1. The fraction of sp³-hybridized carbons (Fsp3) is 0.379. The van der Waals surface area contributed by atoms with Crippen LogP contribution in [0.4, 0.5) is 0 Å². The summed E-state index contributed by atoms with van der Waals surface area (Å²) < 4.78 is 23.0. The number of ether oxygens (including phenoxy) is 2. The number of phenolic OH excluding ortho intramolecular Hbond substituents is 1. The molecule has 1 aliphatic heterocycles. The first-order valence-corrected chi connectivity index (χ1v) is 24.2. The summed E-state index contributed by atoms with van der Waals surface area (Å²) in [7, 11) is -0.839. The van der Waals surface area contributed by atoms with Crippen LogP contribution < -0.4 is 24.4 Å². The molecule has 0 bridgehead atoms. The molecule has 3 aromatic rings. The summed E-state index contributed by atoms with van der Waals surface area (Å²) in [6, 6.07) is 16.3. The fourth-order valence-electron chi connectivity index (χ4n) is 3.50. The fourth-order valence-corrected chi connectivity index (χ4v) is 8.62. The van der Waals surface area contributed by atoms with Crippen LogP contribution in [0.3, 0.4) is 0 Å². The minimum Gasteiger partial charge on any atom is -0.514 e. The highest BCUT2D eigenvalue weighted by atomic mass is 127. The van der Waals surface area contributed by atoms with E-state index in [1.165, 1.54) is 19.5 Å². The Morgan fingerprint density at radius 1 is 0.833 bits per heavy atom. The highest BCUT2D eigenvalue weighted by molar-refractivity contribution is 14.1. The maximum absolute atomic E-state index is 9.60. The van der Waals surface area contributed by atoms with Crippen molar-refractivity contribution in [3.05, 3.63) is 66.8 Å². The zero-order valence-corrected chi connectivity index (χ0v) is 35.0. The summed E-state index contributed by atoms with van der Waals surface area (Å²) in [5.74, 6) is 2.66. The number of aromatic hydroxyl groups is 1. The van der Waals surface area contributed by atoms with Gasteiger partial charge in [-0.2, -0.15) is 0 Å². The molecule has 5 nitrogen and oxygen atoms in total. The molecule has 13 heteroatoms. The molecule has 1 heterocycles. The van der Waals surface area contributed by atoms with Crippen LogP contribution in [-0.4, -0.2) is 46.4 Å². The van der Waals surface area contributed by atoms with E-state index in [0.29, 0.717) is 12.5 Å². The van der Waals surface area contributed by atoms with Crippen LogP contribution in [-0.2, 0) is 4.74 Å². The van der Waals surface area contributed by atoms with Gasteiger partial charge in [-0.25, -0.2) is 0 Å². The summed E-state index contributed by atoms with van der Waals surface area (Å²) in [6.45, 7) is 18.4. The van der Waals surface area contributed by atoms with Crippen LogP contribution in [0.2, 0.25) is 39.3 Å². The van der Waals surface area contributed by atoms with Crippen LogP contribution in [0, 0.1) is 21.0 Å². The second-order valence-electron chi connectivity index (χ2n) is 11.3. The Balaban J connectivity index is 0.000000306. The maximum Gasteiger partial charge on any atom is 0.678 e. The highest BCUT2D eigenvalue weighted by Gasteiger charge is 2.28. The van der Waals surface area contributed by atoms with Crippen molar-refractivity contribution in [2.24, 2.45) is 0 Å². The predicted octanol–water partition coefficient (Wildman–Crippen LogP) is 9.24. The number of benzene rings is 3. The van der Waals surface area contributed by atoms with Crippen molar-refractivity contribution in [2.75, 3.05) is 19.2 Å². The predicted molar refractivity (Wildman–Crippen MR) is 207 cm³/mol. The van der Waals surface area contributed by atoms with Gasteiger partial charge in [-0.1, -0.05) is 73.9 Å². The topological polar surface area (TPSA) is 57.2 Å². The SMILES string of the molecule is BrB1Oc2ccccc2O1.COCOc1c(C)cc([Si](C)(C)C)cc1I.Cc1cc([Si](C)(C)C)cc(I)c1O.ClCCl. The Morgan fingerprint density at radius 2 is 1.26 bits per heavy atom. The standard InChI is InChI=1S/C12H19IO2Si.C10H15IOSi.C6H4BBrO2.CH2Cl2/c1-9-6-10(16(3,4)5)7-11(13)12(9)15-8-14-2;1-7-5-8(13(2,3)4)6-9(11)10(7)12;8-7-9-5-3-1-2-4-6(5)10-7;2-1-3/h6-7H,8H2,1-5H3;5-6,12H,1-4H3;1-4H;1H2. The maximum atomic E-state index is 9.60. The summed E-state index contributed by atoms with van der Waals surface area (Å²) in [5.41, 5.74) is 2.19. The van der Waals surface area contributed by atoms with Crippen LogP contribution in [0.25, 0.3) is 0 Å². The van der Waals surface area contributed by atoms with Crippen LogP contribution in [0.1, 0.15) is 11.1 Å². The van der Waals surface area contributed by atoms with Gasteiger partial charge in [-0.15, -0.1) is 23.2 Å². The second-order valence-corrected chi connectivity index (χ2v) is 25.4. The zero-order chi connectivity index (χ0) is 32.3. The summed E-state index contributed by atoms with van der Waals surface area (Å²) in [5, 5.41) is 12.7. The normalized spacial score (nSPS) is 11.8. The van der Waals surface area contributed by atoms with E-state index >= 15 is 0 Å². The van der Waals surface area contributed by atoms with Crippen molar-refractivity contribution in [3.63, 3.8) is 0 Å². The number of fused-ring (bicyclic) bond motifs is 1. The minimum absolute atomic E-state index is 0.194. The third kappa shape index (κ3) is 13.5. The molecular weight excluding hydrogens is 900 g/mol. The van der Waals surface area contributed by atoms with E-state index in [4.69, 9.17) is 42.0 Å². The molecule has 0 saturated heterocycles. The summed E-state index contributed by atoms with van der Waals surface area (Å²) in [6.07, 6.45) is 0. The van der Waals surface area contributed by atoms with E-state index in [9.17, 15) is 5.11 Å². The lowest BCUT2D eigenvalue weighted by atomic mass is 10.2. The number of methoxy groups -OCH3 is 1. The molecule has 1 aliphatic rings. The average molecular weight is 940 g/mol. The van der Waals surface area contributed by atoms with Gasteiger partial charge in [0.1, 0.15) is 23.0 Å². The second kappa shape index (κ2) is 18.7. The Morgan fingerprint density at radius 3 is 1.64 bits per heavy atom. The lowest BCUT2D eigenvalue weighted by molar-refractivity contribution is 0.0500. The lowest BCUT2D eigenvalue weighted by Gasteiger charge is -2.20. The van der Waals surface area contributed by atoms with Crippen molar-refractivity contribution in [1.29, 1.82) is 0 Å². The van der Waals surface area contributed by atoms with Gasteiger partial charge in [0.25, 0.3) is 0 Å². The minimum atomic E-state index is -1.24. The third-order valence-electron chi connectivity index (χ3n) is 5.82. The summed E-state index contributed by atoms with van der Waals surface area (Å²) >= 11 is 17.2. The van der Waals surface area contributed by atoms with Gasteiger partial charge >= 0.3 is 5.94 Å². The number of rotatable bonds is 5. The molecule has 0 aliphatic carbocycles. The molecule has 3 aromatic carbocycles. The smallest absolute Gasteiger partial charge is 0.514 e. The molecule has 4 rings (SSSR count). The van der Waals surface area contributed by atoms with Crippen molar-refractivity contribution in [1.82, 2.24) is 0 Å². The van der Waals surface area contributed by atoms with Crippen molar-refractivity contribution < 1.29 is 23.9 Å². The molecule has 232 valence electrons. The van der Waals surface area contributed by atoms with Gasteiger partial charge < -0.3 is 23.9 Å². The molecule has 0 fully saturated rings. The van der Waals surface area contributed by atoms with Crippen molar-refractivity contribution >= 4 is 117 Å². The van der Waals surface area contributed by atoms with E-state index in [2.05, 4.69) is 131 Å². The monoisotopic (exact) mass is 938 g/mol. The van der Waals surface area contributed by atoms with E-state index in [1.54, 1.807) is 7.11 Å². The molecule has 0 radical (unpaired) electrons. The van der Waals surface area contributed by atoms with Crippen LogP contribution in [0.15, 0.2) is 48.5 Å². The first kappa shape index (κ1) is 39.9. The van der Waals surface area contributed by atoms with Gasteiger partial charge in [0.05, 0.1) is 28.6 Å². The third-order valence-corrected chi connectivity index (χ3v) is 11.9. The average Bonchev–Trinajstić information content (AvgIpc) is 3.27. The van der Waals surface area contributed by atoms with E-state index in [0.717, 1.165) is 26.4 Å². The van der Waals surface area contributed by atoms with E-state index in [1.807, 2.05) is 31.2 Å². The Labute approximate surface area is 299 Å².